The van der Waals surface area contributed by atoms with Gasteiger partial charge in [-0.1, -0.05) is 48.5 Å². The number of rotatable bonds is 9. The first-order valence-electron chi connectivity index (χ1n) is 7.56. The summed E-state index contributed by atoms with van der Waals surface area (Å²) in [7, 11) is -4.45. The van der Waals surface area contributed by atoms with Crippen molar-refractivity contribution in [2.45, 2.75) is 6.61 Å². The van der Waals surface area contributed by atoms with Gasteiger partial charge in [0.15, 0.2) is 5.78 Å². The number of para-hydroxylation sites is 1. The smallest absolute Gasteiger partial charge is 0.596 e. The van der Waals surface area contributed by atoms with Crippen molar-refractivity contribution in [3.63, 3.8) is 0 Å². The Morgan fingerprint density at radius 3 is 2.30 bits per heavy atom. The van der Waals surface area contributed by atoms with Crippen molar-refractivity contribution in [3.8, 4) is 5.75 Å². The van der Waals surface area contributed by atoms with Gasteiger partial charge in [0.2, 0.25) is 0 Å². The Morgan fingerprint density at radius 1 is 1.07 bits per heavy atom. The summed E-state index contributed by atoms with van der Waals surface area (Å²) in [4.78, 5) is 24.6. The van der Waals surface area contributed by atoms with Gasteiger partial charge in [-0.25, -0.2) is 4.57 Å². The van der Waals surface area contributed by atoms with E-state index in [0.717, 1.165) is 5.56 Å². The number of benzene rings is 2. The average molecular weight is 401 g/mol. The van der Waals surface area contributed by atoms with Crippen molar-refractivity contribution in [1.82, 2.24) is 0 Å². The molecular weight excluding hydrogens is 384 g/mol. The first kappa shape index (κ1) is 23.4. The van der Waals surface area contributed by atoms with Crippen molar-refractivity contribution in [3.05, 3.63) is 66.2 Å². The van der Waals surface area contributed by atoms with Gasteiger partial charge in [0.05, 0.1) is 0 Å². The summed E-state index contributed by atoms with van der Waals surface area (Å²) in [6.07, 6.45) is -0.907. The Labute approximate surface area is 178 Å². The van der Waals surface area contributed by atoms with Gasteiger partial charge in [-0.3, -0.25) is 19.2 Å². The number of phosphoric ester groups is 1. The van der Waals surface area contributed by atoms with Crippen molar-refractivity contribution >= 4 is 19.7 Å². The number of carbonyl (C=O) groups is 1. The Balaban J connectivity index is 0.00000364. The molecule has 0 aliphatic heterocycles. The van der Waals surface area contributed by atoms with E-state index < -0.39 is 32.8 Å². The van der Waals surface area contributed by atoms with E-state index in [1.165, 1.54) is 12.1 Å². The Kier molecular flexibility index (Phi) is 10.3. The zero-order valence-corrected chi connectivity index (χ0v) is 17.6. The van der Waals surface area contributed by atoms with Crippen LogP contribution in [0.2, 0.25) is 0 Å². The second-order valence-electron chi connectivity index (χ2n) is 5.04. The minimum absolute atomic E-state index is 0. The van der Waals surface area contributed by atoms with E-state index >= 15 is 0 Å². The normalized spacial score (nSPS) is 13.1. The molecule has 0 aliphatic carbocycles. The molecular formula is C17H17NNaO7P. The second-order valence-corrected chi connectivity index (χ2v) is 6.42. The molecule has 0 fully saturated rings. The van der Waals surface area contributed by atoms with Gasteiger partial charge in [0.1, 0.15) is 25.0 Å². The molecule has 2 rings (SSSR count). The molecule has 27 heavy (non-hydrogen) atoms. The molecule has 138 valence electrons. The van der Waals surface area contributed by atoms with Crippen LogP contribution in [0.3, 0.4) is 0 Å². The number of hydrogen-bond donors (Lipinski definition) is 1. The summed E-state index contributed by atoms with van der Waals surface area (Å²) in [5, 5.41) is 11.5. The molecule has 10 heteroatoms. The quantitative estimate of drug-likeness (QED) is 0.240. The van der Waals surface area contributed by atoms with E-state index in [0.29, 0.717) is 0 Å². The maximum atomic E-state index is 11.7. The molecule has 0 aromatic heterocycles. The SMILES string of the molecule is O=C(CN=C([O-])OCc1ccccc1)COP(=O)(O)Oc1ccccc1.[Na+]. The maximum Gasteiger partial charge on any atom is 1.00 e. The summed E-state index contributed by atoms with van der Waals surface area (Å²) in [5.74, 6) is -0.549. The van der Waals surface area contributed by atoms with Crippen molar-refractivity contribution in [1.29, 1.82) is 0 Å². The van der Waals surface area contributed by atoms with Crippen LogP contribution in [0.5, 0.6) is 5.75 Å². The van der Waals surface area contributed by atoms with Crippen LogP contribution in [0.25, 0.3) is 0 Å². The van der Waals surface area contributed by atoms with Crippen LogP contribution in [0.4, 0.5) is 0 Å². The molecule has 0 bridgehead atoms. The summed E-state index contributed by atoms with van der Waals surface area (Å²) in [6, 6.07) is 16.8. The van der Waals surface area contributed by atoms with Crippen LogP contribution >= 0.6 is 7.82 Å². The molecule has 0 amide bonds. The monoisotopic (exact) mass is 401 g/mol. The predicted molar refractivity (Wildman–Crippen MR) is 91.4 cm³/mol. The van der Waals surface area contributed by atoms with Crippen LogP contribution in [-0.2, 0) is 25.2 Å². The number of phosphoric acid groups is 1. The molecule has 1 unspecified atom stereocenters. The van der Waals surface area contributed by atoms with Crippen LogP contribution < -0.4 is 39.2 Å². The summed E-state index contributed by atoms with van der Waals surface area (Å²) < 4.78 is 26.0. The van der Waals surface area contributed by atoms with E-state index in [-0.39, 0.29) is 41.9 Å². The molecule has 8 nitrogen and oxygen atoms in total. The fourth-order valence-electron chi connectivity index (χ4n) is 1.76. The number of aliphatic imine (C=N–C) groups is 1. The van der Waals surface area contributed by atoms with E-state index in [2.05, 4.69) is 9.52 Å². The van der Waals surface area contributed by atoms with E-state index in [1.54, 1.807) is 42.5 Å². The molecule has 0 saturated heterocycles. The molecule has 0 saturated carbocycles. The summed E-state index contributed by atoms with van der Waals surface area (Å²) in [6.45, 7) is -1.22. The van der Waals surface area contributed by atoms with Gasteiger partial charge in [-0.2, -0.15) is 0 Å². The third-order valence-corrected chi connectivity index (χ3v) is 3.84. The van der Waals surface area contributed by atoms with E-state index in [1.807, 2.05) is 6.07 Å². The van der Waals surface area contributed by atoms with Crippen LogP contribution in [-0.4, -0.2) is 29.9 Å². The zero-order chi connectivity index (χ0) is 18.8. The van der Waals surface area contributed by atoms with Crippen molar-refractivity contribution < 1.29 is 62.7 Å². The molecule has 0 aliphatic rings. The fraction of sp³-hybridized carbons (Fsp3) is 0.176. The first-order chi connectivity index (χ1) is 12.4. The summed E-state index contributed by atoms with van der Waals surface area (Å²) in [5.41, 5.74) is 0.782. The van der Waals surface area contributed by atoms with Crippen LogP contribution in [0.1, 0.15) is 5.56 Å². The third kappa shape index (κ3) is 9.72. The minimum atomic E-state index is -4.45. The molecule has 0 spiro atoms. The zero-order valence-electron chi connectivity index (χ0n) is 14.7. The summed E-state index contributed by atoms with van der Waals surface area (Å²) >= 11 is 0. The Bertz CT molecular complexity index is 786. The van der Waals surface area contributed by atoms with Gasteiger partial charge in [-0.05, 0) is 17.7 Å². The van der Waals surface area contributed by atoms with Crippen LogP contribution in [0, 0.1) is 0 Å². The maximum absolute atomic E-state index is 11.7. The number of carbonyl (C=O) groups excluding carboxylic acids is 1. The van der Waals surface area contributed by atoms with Crippen LogP contribution in [0.15, 0.2) is 65.7 Å². The molecule has 2 aromatic carbocycles. The average Bonchev–Trinajstić information content (AvgIpc) is 2.64. The largest absolute Gasteiger partial charge is 1.00 e. The Hall–Kier alpha value is -1.67. The third-order valence-electron chi connectivity index (χ3n) is 2.94. The number of hydrogen-bond acceptors (Lipinski definition) is 7. The Morgan fingerprint density at radius 2 is 1.67 bits per heavy atom. The van der Waals surface area contributed by atoms with E-state index in [4.69, 9.17) is 9.26 Å². The molecule has 0 heterocycles. The number of ether oxygens (including phenoxy) is 1. The van der Waals surface area contributed by atoms with Gasteiger partial charge < -0.3 is 14.4 Å². The molecule has 0 radical (unpaired) electrons. The van der Waals surface area contributed by atoms with Crippen molar-refractivity contribution in [2.24, 2.45) is 4.99 Å². The minimum Gasteiger partial charge on any atom is -0.596 e. The van der Waals surface area contributed by atoms with Crippen molar-refractivity contribution in [2.75, 3.05) is 13.2 Å². The predicted octanol–water partition coefficient (Wildman–Crippen LogP) is -1.31. The number of ketones is 1. The number of nitrogens with zero attached hydrogens (tertiary/aromatic N) is 1. The standard InChI is InChI=1S/C17H18NO7P.Na/c19-15(11-18-17(20)23-12-14-7-3-1-4-8-14)13-24-26(21,22)25-16-9-5-2-6-10-16;/h1-10H,11-13H2,(H,18,20)(H,21,22);/q;+1/p-1. The van der Waals surface area contributed by atoms with Gasteiger partial charge >= 0.3 is 37.4 Å². The van der Waals surface area contributed by atoms with E-state index in [9.17, 15) is 19.4 Å². The van der Waals surface area contributed by atoms with Gasteiger partial charge in [-0.15, -0.1) is 0 Å². The van der Waals surface area contributed by atoms with Gasteiger partial charge in [0, 0.05) is 6.61 Å². The molecule has 2 aromatic rings. The fourth-order valence-corrected chi connectivity index (χ4v) is 2.51. The molecule has 1 atom stereocenters. The van der Waals surface area contributed by atoms with Gasteiger partial charge in [0.25, 0.3) is 0 Å². The number of Topliss-reactive ketones (excluding diaryl/α,β-unsaturated/α-hetero) is 1. The molecule has 1 N–H and O–H groups in total. The first-order valence-corrected chi connectivity index (χ1v) is 9.06. The topological polar surface area (TPSA) is 117 Å². The second kappa shape index (κ2) is 11.9.